The molecule has 1 aliphatic rings. The summed E-state index contributed by atoms with van der Waals surface area (Å²) in [6.45, 7) is 6.04. The maximum absolute atomic E-state index is 11.6. The number of hydrogen-bond donors (Lipinski definition) is 0. The summed E-state index contributed by atoms with van der Waals surface area (Å²) >= 11 is 0. The van der Waals surface area contributed by atoms with Crippen molar-refractivity contribution < 1.29 is 9.00 Å². The van der Waals surface area contributed by atoms with E-state index in [0.717, 1.165) is 23.6 Å². The Balaban J connectivity index is 2.55. The summed E-state index contributed by atoms with van der Waals surface area (Å²) in [7, 11) is -0.0344. The van der Waals surface area contributed by atoms with Crippen molar-refractivity contribution in [2.24, 2.45) is 0 Å². The van der Waals surface area contributed by atoms with Gasteiger partial charge >= 0.3 is 0 Å². The van der Waals surface area contributed by atoms with E-state index in [1.54, 1.807) is 0 Å². The fourth-order valence-electron chi connectivity index (χ4n) is 1.42. The maximum atomic E-state index is 11.6. The fraction of sp³-hybridized carbons (Fsp3) is 0.700. The van der Waals surface area contributed by atoms with Crippen molar-refractivity contribution in [1.29, 1.82) is 0 Å². The minimum absolute atomic E-state index is 0.0723. The zero-order chi connectivity index (χ0) is 10.8. The molecule has 0 unspecified atom stereocenters. The molecule has 1 rings (SSSR count). The highest BCUT2D eigenvalue weighted by atomic mass is 33.1. The minimum atomic E-state index is -1.03. The van der Waals surface area contributed by atoms with Gasteiger partial charge in [-0.05, 0) is 33.6 Å². The van der Waals surface area contributed by atoms with Gasteiger partial charge in [-0.15, -0.1) is 0 Å². The van der Waals surface area contributed by atoms with Crippen molar-refractivity contribution >= 4 is 25.7 Å². The smallest absolute Gasteiger partial charge is 0.203 e. The van der Waals surface area contributed by atoms with Crippen LogP contribution in [0.4, 0.5) is 0 Å². The molecular weight excluding hydrogens is 216 g/mol. The molecule has 0 aliphatic carbocycles. The Morgan fingerprint density at radius 1 is 1.64 bits per heavy atom. The van der Waals surface area contributed by atoms with Crippen molar-refractivity contribution in [2.75, 3.05) is 0 Å². The second-order valence-electron chi connectivity index (χ2n) is 4.14. The molecule has 0 aromatic heterocycles. The van der Waals surface area contributed by atoms with Gasteiger partial charge in [0.1, 0.15) is 0 Å². The molecule has 1 saturated heterocycles. The number of hydrogen-bond acceptors (Lipinski definition) is 3. The van der Waals surface area contributed by atoms with Crippen LogP contribution >= 0.6 is 10.8 Å². The summed E-state index contributed by atoms with van der Waals surface area (Å²) in [6, 6.07) is 0. The largest absolute Gasteiger partial charge is 0.286 e. The summed E-state index contributed by atoms with van der Waals surface area (Å²) in [5.41, 5.74) is 1.27. The topological polar surface area (TPSA) is 34.1 Å². The third-order valence-corrected chi connectivity index (χ3v) is 6.17. The lowest BCUT2D eigenvalue weighted by molar-refractivity contribution is -0.111. The van der Waals surface area contributed by atoms with Gasteiger partial charge in [-0.25, -0.2) is 4.21 Å². The fourth-order valence-corrected chi connectivity index (χ4v) is 4.50. The second-order valence-corrected chi connectivity index (χ2v) is 7.62. The summed E-state index contributed by atoms with van der Waals surface area (Å²) in [6.07, 6.45) is 4.35. The second kappa shape index (κ2) is 4.62. The first-order chi connectivity index (χ1) is 6.44. The first-order valence-corrected chi connectivity index (χ1v) is 7.19. The van der Waals surface area contributed by atoms with E-state index >= 15 is 0 Å². The Morgan fingerprint density at radius 2 is 2.29 bits per heavy atom. The van der Waals surface area contributed by atoms with Crippen LogP contribution in [-0.4, -0.2) is 14.1 Å². The van der Waals surface area contributed by atoms with Crippen molar-refractivity contribution in [3.8, 4) is 0 Å². The van der Waals surface area contributed by atoms with Crippen molar-refractivity contribution in [1.82, 2.24) is 0 Å². The van der Waals surface area contributed by atoms with Crippen LogP contribution in [0.15, 0.2) is 11.6 Å². The van der Waals surface area contributed by atoms with Crippen molar-refractivity contribution in [3.63, 3.8) is 0 Å². The lowest BCUT2D eigenvalue weighted by atomic mass is 10.0. The molecule has 1 aliphatic heterocycles. The highest BCUT2D eigenvalue weighted by Crippen LogP contribution is 2.40. The van der Waals surface area contributed by atoms with Gasteiger partial charge in [0.05, 0.1) is 14.6 Å². The molecule has 0 radical (unpaired) electrons. The summed E-state index contributed by atoms with van der Waals surface area (Å²) < 4.78 is 11.3. The van der Waals surface area contributed by atoms with E-state index in [4.69, 9.17) is 0 Å². The molecule has 2 nitrogen and oxygen atoms in total. The van der Waals surface area contributed by atoms with Crippen LogP contribution in [0.2, 0.25) is 0 Å². The zero-order valence-corrected chi connectivity index (χ0v) is 10.5. The molecule has 0 spiro atoms. The Morgan fingerprint density at radius 3 is 2.71 bits per heavy atom. The van der Waals surface area contributed by atoms with Crippen LogP contribution in [0, 0.1) is 0 Å². The van der Waals surface area contributed by atoms with E-state index in [-0.39, 0.29) is 9.86 Å². The van der Waals surface area contributed by atoms with E-state index in [1.807, 2.05) is 20.8 Å². The quantitative estimate of drug-likeness (QED) is 0.554. The zero-order valence-electron chi connectivity index (χ0n) is 8.83. The van der Waals surface area contributed by atoms with Gasteiger partial charge in [-0.3, -0.25) is 4.79 Å². The predicted octanol–water partition coefficient (Wildman–Crippen LogP) is 2.82. The lowest BCUT2D eigenvalue weighted by Gasteiger charge is -2.18. The molecule has 80 valence electrons. The maximum Gasteiger partial charge on any atom is 0.203 e. The molecule has 0 amide bonds. The third-order valence-electron chi connectivity index (χ3n) is 2.32. The Hall–Kier alpha value is -0.0900. The van der Waals surface area contributed by atoms with E-state index < -0.39 is 9.83 Å². The molecular formula is C10H16O2S2. The van der Waals surface area contributed by atoms with E-state index in [9.17, 15) is 9.00 Å². The molecule has 1 heterocycles. The van der Waals surface area contributed by atoms with Crippen molar-refractivity contribution in [2.45, 2.75) is 44.8 Å². The average molecular weight is 232 g/mol. The number of rotatable bonds is 3. The minimum Gasteiger partial charge on any atom is -0.286 e. The van der Waals surface area contributed by atoms with Crippen LogP contribution in [0.25, 0.3) is 0 Å². The highest BCUT2D eigenvalue weighted by Gasteiger charge is 2.41. The Labute approximate surface area is 91.4 Å². The monoisotopic (exact) mass is 232 g/mol. The van der Waals surface area contributed by atoms with Crippen LogP contribution in [0.1, 0.15) is 40.0 Å². The van der Waals surface area contributed by atoms with Gasteiger partial charge in [0, 0.05) is 17.2 Å². The Kier molecular flexibility index (Phi) is 3.95. The van der Waals surface area contributed by atoms with E-state index in [1.165, 1.54) is 5.57 Å². The lowest BCUT2D eigenvalue weighted by Crippen LogP contribution is -2.24. The van der Waals surface area contributed by atoms with E-state index in [0.29, 0.717) is 6.42 Å². The number of carbonyl (C=O) groups is 1. The molecule has 1 fully saturated rings. The van der Waals surface area contributed by atoms with Gasteiger partial charge in [-0.2, -0.15) is 0 Å². The van der Waals surface area contributed by atoms with Crippen LogP contribution in [0.5, 0.6) is 0 Å². The SMILES string of the molecule is CC(C)=CCC[C@@]1(C)CC(=O)S[S@]1=O. The van der Waals surface area contributed by atoms with Crippen LogP contribution < -0.4 is 0 Å². The van der Waals surface area contributed by atoms with Gasteiger partial charge in [-0.1, -0.05) is 11.6 Å². The first-order valence-electron chi connectivity index (χ1n) is 4.70. The standard InChI is InChI=1S/C10H16O2S2/c1-8(2)5-4-6-10(3)7-9(11)13-14(10)12/h5H,4,6-7H2,1-3H3/t10-,14+/m0/s1. The normalized spacial score (nSPS) is 31.9. The molecule has 0 N–H and O–H groups in total. The van der Waals surface area contributed by atoms with Crippen molar-refractivity contribution in [3.05, 3.63) is 11.6 Å². The molecule has 2 atom stereocenters. The van der Waals surface area contributed by atoms with Gasteiger partial charge in [0.25, 0.3) is 0 Å². The predicted molar refractivity (Wildman–Crippen MR) is 62.4 cm³/mol. The van der Waals surface area contributed by atoms with Gasteiger partial charge in [0.2, 0.25) is 5.12 Å². The molecule has 14 heavy (non-hydrogen) atoms. The summed E-state index contributed by atoms with van der Waals surface area (Å²) in [5, 5.41) is 0.0723. The van der Waals surface area contributed by atoms with Crippen LogP contribution in [0.3, 0.4) is 0 Å². The number of carbonyl (C=O) groups excluding carboxylic acids is 1. The number of allylic oxidation sites excluding steroid dienone is 2. The third kappa shape index (κ3) is 2.95. The summed E-state index contributed by atoms with van der Waals surface area (Å²) in [4.78, 5) is 11.1. The van der Waals surface area contributed by atoms with Gasteiger partial charge < -0.3 is 0 Å². The summed E-state index contributed by atoms with van der Waals surface area (Å²) in [5.74, 6) is 0. The highest BCUT2D eigenvalue weighted by molar-refractivity contribution is 8.76. The van der Waals surface area contributed by atoms with Gasteiger partial charge in [0.15, 0.2) is 0 Å². The molecule has 0 aromatic carbocycles. The molecule has 4 heteroatoms. The average Bonchev–Trinajstić information content (AvgIpc) is 2.25. The molecule has 0 aromatic rings. The van der Waals surface area contributed by atoms with Crippen LogP contribution in [-0.2, 0) is 14.6 Å². The Bertz CT molecular complexity index is 292. The molecule has 0 saturated carbocycles. The van der Waals surface area contributed by atoms with E-state index in [2.05, 4.69) is 6.08 Å². The molecule has 0 bridgehead atoms. The first kappa shape index (κ1) is 12.0.